The topological polar surface area (TPSA) is 95.1 Å². The van der Waals surface area contributed by atoms with Gasteiger partial charge in [0.1, 0.15) is 12.3 Å². The van der Waals surface area contributed by atoms with Crippen LogP contribution in [-0.4, -0.2) is 90.3 Å². The number of benzene rings is 1. The fraction of sp³-hybridized carbons (Fsp3) is 0.520. The third-order valence-electron chi connectivity index (χ3n) is 5.85. The van der Waals surface area contributed by atoms with Gasteiger partial charge in [0.15, 0.2) is 5.13 Å². The van der Waals surface area contributed by atoms with Gasteiger partial charge in [-0.3, -0.25) is 14.4 Å². The number of methoxy groups -OCH3 is 1. The highest BCUT2D eigenvalue weighted by atomic mass is 32.1. The van der Waals surface area contributed by atoms with Crippen LogP contribution >= 0.6 is 11.3 Å². The van der Waals surface area contributed by atoms with E-state index in [2.05, 4.69) is 22.1 Å². The van der Waals surface area contributed by atoms with Crippen molar-refractivity contribution in [3.05, 3.63) is 40.9 Å². The zero-order valence-electron chi connectivity index (χ0n) is 21.0. The van der Waals surface area contributed by atoms with Crippen LogP contribution in [0.2, 0.25) is 0 Å². The first-order valence-corrected chi connectivity index (χ1v) is 12.8. The lowest BCUT2D eigenvalue weighted by Gasteiger charge is -2.34. The summed E-state index contributed by atoms with van der Waals surface area (Å²) in [5.74, 6) is 0.371. The number of hydrogen-bond acceptors (Lipinski definition) is 7. The minimum absolute atomic E-state index is 0.0529. The van der Waals surface area contributed by atoms with E-state index in [0.29, 0.717) is 28.7 Å². The maximum absolute atomic E-state index is 13.0. The van der Waals surface area contributed by atoms with Gasteiger partial charge in [0, 0.05) is 43.7 Å². The minimum atomic E-state index is -0.324. The lowest BCUT2D eigenvalue weighted by Crippen LogP contribution is -2.48. The molecule has 1 aliphatic heterocycles. The molecular formula is C25H35N5O4S. The molecule has 1 aromatic heterocycles. The predicted octanol–water partition coefficient (Wildman–Crippen LogP) is 2.60. The number of likely N-dealkylation sites (N-methyl/N-ethyl adjacent to an activating group) is 1. The summed E-state index contributed by atoms with van der Waals surface area (Å²) in [6.07, 6.45) is 0.216. The highest BCUT2D eigenvalue weighted by Gasteiger charge is 2.23. The van der Waals surface area contributed by atoms with E-state index in [4.69, 9.17) is 4.74 Å². The molecule has 1 aromatic carbocycles. The number of thiazole rings is 1. The third-order valence-corrected chi connectivity index (χ3v) is 6.65. The highest BCUT2D eigenvalue weighted by Crippen LogP contribution is 2.18. The molecule has 2 heterocycles. The number of aromatic nitrogens is 1. The Hall–Kier alpha value is -2.98. The average Bonchev–Trinajstić information content (AvgIpc) is 3.29. The first-order valence-electron chi connectivity index (χ1n) is 12.0. The van der Waals surface area contributed by atoms with Crippen LogP contribution in [0.15, 0.2) is 29.6 Å². The largest absolute Gasteiger partial charge is 0.497 e. The normalized spacial score (nSPS) is 14.1. The van der Waals surface area contributed by atoms with Crippen LogP contribution in [0.1, 0.15) is 36.8 Å². The molecule has 0 aliphatic carbocycles. The Morgan fingerprint density at radius 3 is 2.43 bits per heavy atom. The van der Waals surface area contributed by atoms with E-state index < -0.39 is 0 Å². The second-order valence-electron chi connectivity index (χ2n) is 8.99. The molecule has 0 bridgehead atoms. The van der Waals surface area contributed by atoms with E-state index >= 15 is 0 Å². The lowest BCUT2D eigenvalue weighted by molar-refractivity contribution is -0.132. The van der Waals surface area contributed by atoms with Gasteiger partial charge in [-0.1, -0.05) is 20.8 Å². The molecular weight excluding hydrogens is 466 g/mol. The van der Waals surface area contributed by atoms with Gasteiger partial charge in [-0.2, -0.15) is 0 Å². The van der Waals surface area contributed by atoms with Gasteiger partial charge in [-0.25, -0.2) is 4.98 Å². The summed E-state index contributed by atoms with van der Waals surface area (Å²) in [6.45, 7) is 10.7. The highest BCUT2D eigenvalue weighted by molar-refractivity contribution is 7.13. The molecule has 0 radical (unpaired) electrons. The summed E-state index contributed by atoms with van der Waals surface area (Å²) in [6, 6.07) is 6.84. The fourth-order valence-corrected chi connectivity index (χ4v) is 4.66. The van der Waals surface area contributed by atoms with Crippen LogP contribution in [0, 0.1) is 5.92 Å². The van der Waals surface area contributed by atoms with Crippen LogP contribution in [0.4, 0.5) is 5.13 Å². The Balaban J connectivity index is 1.55. The molecule has 1 N–H and O–H groups in total. The first kappa shape index (κ1) is 26.6. The van der Waals surface area contributed by atoms with Crippen molar-refractivity contribution in [2.24, 2.45) is 5.92 Å². The van der Waals surface area contributed by atoms with Crippen molar-refractivity contribution in [1.82, 2.24) is 19.7 Å². The molecule has 0 atom stereocenters. The summed E-state index contributed by atoms with van der Waals surface area (Å²) in [5, 5.41) is 5.00. The molecule has 9 nitrogen and oxygen atoms in total. The third kappa shape index (κ3) is 7.76. The Bertz CT molecular complexity index is 1000. The Kier molecular flexibility index (Phi) is 9.62. The number of carbonyl (C=O) groups excluding carboxylic acids is 3. The number of nitrogens with zero attached hydrogens (tertiary/aromatic N) is 4. The van der Waals surface area contributed by atoms with Crippen LogP contribution in [0.5, 0.6) is 5.75 Å². The zero-order chi connectivity index (χ0) is 25.4. The fourth-order valence-electron chi connectivity index (χ4n) is 3.93. The van der Waals surface area contributed by atoms with Crippen LogP contribution in [0.25, 0.3) is 0 Å². The second kappa shape index (κ2) is 12.6. The SMILES string of the molecule is CCN1CCN(C(=O)Cc2csc(NC(=O)CN(CC(C)C)C(=O)c3ccc(OC)cc3)n2)CC1. The smallest absolute Gasteiger partial charge is 0.254 e. The number of piperazine rings is 1. The molecule has 35 heavy (non-hydrogen) atoms. The number of amides is 3. The van der Waals surface area contributed by atoms with Gasteiger partial charge >= 0.3 is 0 Å². The molecule has 3 rings (SSSR count). The van der Waals surface area contributed by atoms with Crippen molar-refractivity contribution in [1.29, 1.82) is 0 Å². The Labute approximate surface area is 211 Å². The minimum Gasteiger partial charge on any atom is -0.497 e. The molecule has 2 aromatic rings. The van der Waals surface area contributed by atoms with Crippen molar-refractivity contribution < 1.29 is 19.1 Å². The molecule has 0 saturated carbocycles. The summed E-state index contributed by atoms with van der Waals surface area (Å²) >= 11 is 1.28. The summed E-state index contributed by atoms with van der Waals surface area (Å²) in [4.78, 5) is 48.5. The molecule has 10 heteroatoms. The van der Waals surface area contributed by atoms with Crippen LogP contribution in [0.3, 0.4) is 0 Å². The summed E-state index contributed by atoms with van der Waals surface area (Å²) in [5.41, 5.74) is 1.13. The van der Waals surface area contributed by atoms with E-state index in [1.54, 1.807) is 36.8 Å². The summed E-state index contributed by atoms with van der Waals surface area (Å²) < 4.78 is 5.15. The zero-order valence-corrected chi connectivity index (χ0v) is 21.8. The van der Waals surface area contributed by atoms with Gasteiger partial charge in [0.2, 0.25) is 11.8 Å². The maximum atomic E-state index is 13.0. The molecule has 3 amide bonds. The average molecular weight is 502 g/mol. The molecule has 190 valence electrons. The Morgan fingerprint density at radius 2 is 1.83 bits per heavy atom. The summed E-state index contributed by atoms with van der Waals surface area (Å²) in [7, 11) is 1.57. The second-order valence-corrected chi connectivity index (χ2v) is 9.85. The molecule has 0 spiro atoms. The van der Waals surface area contributed by atoms with Crippen molar-refractivity contribution in [2.75, 3.05) is 58.2 Å². The molecule has 1 aliphatic rings. The van der Waals surface area contributed by atoms with E-state index in [1.165, 1.54) is 16.2 Å². The van der Waals surface area contributed by atoms with E-state index in [-0.39, 0.29) is 36.6 Å². The van der Waals surface area contributed by atoms with Crippen molar-refractivity contribution in [2.45, 2.75) is 27.2 Å². The van der Waals surface area contributed by atoms with Crippen LogP contribution in [-0.2, 0) is 16.0 Å². The predicted molar refractivity (Wildman–Crippen MR) is 137 cm³/mol. The van der Waals surface area contributed by atoms with E-state index in [0.717, 1.165) is 32.7 Å². The van der Waals surface area contributed by atoms with Crippen molar-refractivity contribution in [3.8, 4) is 5.75 Å². The monoisotopic (exact) mass is 501 g/mol. The molecule has 0 unspecified atom stereocenters. The first-order chi connectivity index (χ1) is 16.8. The van der Waals surface area contributed by atoms with Gasteiger partial charge < -0.3 is 24.8 Å². The number of nitrogens with one attached hydrogen (secondary N) is 1. The van der Waals surface area contributed by atoms with Gasteiger partial charge in [-0.15, -0.1) is 11.3 Å². The van der Waals surface area contributed by atoms with E-state index in [9.17, 15) is 14.4 Å². The van der Waals surface area contributed by atoms with Gasteiger partial charge in [-0.05, 0) is 36.7 Å². The van der Waals surface area contributed by atoms with Crippen LogP contribution < -0.4 is 10.1 Å². The number of hydrogen-bond donors (Lipinski definition) is 1. The van der Waals surface area contributed by atoms with Crippen molar-refractivity contribution in [3.63, 3.8) is 0 Å². The molecule has 1 fully saturated rings. The Morgan fingerprint density at radius 1 is 1.14 bits per heavy atom. The standard InChI is InChI=1S/C25H35N5O4S/c1-5-28-10-12-29(13-11-28)23(32)14-20-17-35-25(26-20)27-22(31)16-30(15-18(2)3)24(33)19-6-8-21(34-4)9-7-19/h6-9,17-18H,5,10-16H2,1-4H3,(H,26,27,31). The van der Waals surface area contributed by atoms with Crippen molar-refractivity contribution >= 4 is 34.2 Å². The van der Waals surface area contributed by atoms with Gasteiger partial charge in [0.25, 0.3) is 5.91 Å². The van der Waals surface area contributed by atoms with E-state index in [1.807, 2.05) is 18.7 Å². The van der Waals surface area contributed by atoms with Gasteiger partial charge in [0.05, 0.1) is 19.2 Å². The maximum Gasteiger partial charge on any atom is 0.254 e. The lowest BCUT2D eigenvalue weighted by atomic mass is 10.1. The number of anilines is 1. The number of rotatable bonds is 10. The number of ether oxygens (including phenoxy) is 1. The molecule has 1 saturated heterocycles. The number of carbonyl (C=O) groups is 3. The quantitative estimate of drug-likeness (QED) is 0.538.